The third-order valence-electron chi connectivity index (χ3n) is 3.31. The van der Waals surface area contributed by atoms with Crippen LogP contribution in [0.4, 0.5) is 0 Å². The minimum absolute atomic E-state index is 0.235. The molecule has 0 aliphatic rings. The van der Waals surface area contributed by atoms with Gasteiger partial charge >= 0.3 is 0 Å². The van der Waals surface area contributed by atoms with Gasteiger partial charge < -0.3 is 4.57 Å². The Balaban J connectivity index is 1.70. The van der Waals surface area contributed by atoms with Crippen LogP contribution in [0.5, 0.6) is 0 Å². The molecule has 0 spiro atoms. The molecule has 2 aromatic carbocycles. The maximum atomic E-state index is 12.3. The summed E-state index contributed by atoms with van der Waals surface area (Å²) in [6, 6.07) is 14.2. The molecule has 3 aromatic rings. The summed E-state index contributed by atoms with van der Waals surface area (Å²) in [5.74, 6) is 0. The van der Waals surface area contributed by atoms with Gasteiger partial charge in [-0.05, 0) is 35.9 Å². The largest absolute Gasteiger partial charge is 0.306 e. The maximum absolute atomic E-state index is 12.3. The third kappa shape index (κ3) is 3.87. The summed E-state index contributed by atoms with van der Waals surface area (Å²) in [6.07, 6.45) is 5.27. The average Bonchev–Trinajstić information content (AvgIpc) is 3.08. The van der Waals surface area contributed by atoms with Crippen LogP contribution in [0.2, 0.25) is 0 Å². The molecule has 0 aliphatic heterocycles. The number of nitrogens with zero attached hydrogens (tertiary/aromatic N) is 2. The second-order valence-corrected chi connectivity index (χ2v) is 7.60. The Morgan fingerprint density at radius 1 is 1.13 bits per heavy atom. The fraction of sp³-hybridized carbons (Fsp3) is 0.0625. The number of halogens is 1. The van der Waals surface area contributed by atoms with Crippen LogP contribution >= 0.6 is 15.9 Å². The fourth-order valence-corrected chi connectivity index (χ4v) is 3.71. The van der Waals surface area contributed by atoms with Gasteiger partial charge in [0.15, 0.2) is 0 Å². The van der Waals surface area contributed by atoms with Gasteiger partial charge in [0.25, 0.3) is 0 Å². The first-order valence-corrected chi connectivity index (χ1v) is 9.15. The van der Waals surface area contributed by atoms with E-state index in [4.69, 9.17) is 0 Å². The zero-order chi connectivity index (χ0) is 16.3. The summed E-state index contributed by atoms with van der Waals surface area (Å²) in [5.41, 5.74) is 1.86. The zero-order valence-electron chi connectivity index (χ0n) is 12.1. The van der Waals surface area contributed by atoms with Crippen molar-refractivity contribution in [1.29, 1.82) is 0 Å². The van der Waals surface area contributed by atoms with E-state index >= 15 is 0 Å². The molecule has 3 rings (SSSR count). The third-order valence-corrected chi connectivity index (χ3v) is 5.20. The standard InChI is InChI=1S/C16H14BrN3O2S/c17-14-2-1-3-16(10-14)23(21,22)19-11-13-4-6-15(7-5-13)20-9-8-18-12-20/h1-10,12,19H,11H2. The Hall–Kier alpha value is -1.96. The molecule has 118 valence electrons. The average molecular weight is 392 g/mol. The zero-order valence-corrected chi connectivity index (χ0v) is 14.5. The van der Waals surface area contributed by atoms with Crippen molar-refractivity contribution in [3.05, 3.63) is 77.3 Å². The molecule has 0 unspecified atom stereocenters. The van der Waals surface area contributed by atoms with E-state index in [-0.39, 0.29) is 11.4 Å². The van der Waals surface area contributed by atoms with E-state index in [0.717, 1.165) is 15.7 Å². The topological polar surface area (TPSA) is 64.0 Å². The number of benzene rings is 2. The molecule has 0 fully saturated rings. The predicted octanol–water partition coefficient (Wildman–Crippen LogP) is 3.11. The Morgan fingerprint density at radius 2 is 1.91 bits per heavy atom. The van der Waals surface area contributed by atoms with Crippen LogP contribution in [0, 0.1) is 0 Å². The summed E-state index contributed by atoms with van der Waals surface area (Å²) in [7, 11) is -3.53. The van der Waals surface area contributed by atoms with Crippen LogP contribution < -0.4 is 4.72 Å². The van der Waals surface area contributed by atoms with E-state index in [2.05, 4.69) is 25.6 Å². The number of imidazole rings is 1. The number of sulfonamides is 1. The van der Waals surface area contributed by atoms with Crippen LogP contribution in [0.25, 0.3) is 5.69 Å². The lowest BCUT2D eigenvalue weighted by Gasteiger charge is -2.08. The van der Waals surface area contributed by atoms with Gasteiger partial charge in [-0.1, -0.05) is 34.1 Å². The summed E-state index contributed by atoms with van der Waals surface area (Å²) in [4.78, 5) is 4.24. The Kier molecular flexibility index (Phi) is 4.61. The maximum Gasteiger partial charge on any atom is 0.240 e. The van der Waals surface area contributed by atoms with Gasteiger partial charge in [-0.2, -0.15) is 0 Å². The lowest BCUT2D eigenvalue weighted by molar-refractivity contribution is 0.581. The van der Waals surface area contributed by atoms with Crippen molar-refractivity contribution in [3.8, 4) is 5.69 Å². The molecule has 23 heavy (non-hydrogen) atoms. The Morgan fingerprint density at radius 3 is 2.57 bits per heavy atom. The first-order valence-electron chi connectivity index (χ1n) is 6.87. The summed E-state index contributed by atoms with van der Waals surface area (Å²) in [6.45, 7) is 0.235. The van der Waals surface area contributed by atoms with Gasteiger partial charge in [-0.15, -0.1) is 0 Å². The molecule has 1 heterocycles. The van der Waals surface area contributed by atoms with Crippen LogP contribution in [0.3, 0.4) is 0 Å². The number of nitrogens with one attached hydrogen (secondary N) is 1. The SMILES string of the molecule is O=S(=O)(NCc1ccc(-n2ccnc2)cc1)c1cccc(Br)c1. The van der Waals surface area contributed by atoms with E-state index < -0.39 is 10.0 Å². The van der Waals surface area contributed by atoms with Gasteiger partial charge in [-0.25, -0.2) is 18.1 Å². The highest BCUT2D eigenvalue weighted by Crippen LogP contribution is 2.16. The van der Waals surface area contributed by atoms with Crippen LogP contribution in [-0.4, -0.2) is 18.0 Å². The smallest absolute Gasteiger partial charge is 0.240 e. The van der Waals surface area contributed by atoms with E-state index in [1.54, 1.807) is 36.8 Å². The first-order chi connectivity index (χ1) is 11.0. The molecule has 0 saturated carbocycles. The Bertz CT molecular complexity index is 891. The summed E-state index contributed by atoms with van der Waals surface area (Å²) < 4.78 is 29.8. The van der Waals surface area contributed by atoms with Crippen LogP contribution in [0.15, 0.2) is 76.6 Å². The molecule has 0 radical (unpaired) electrons. The van der Waals surface area contributed by atoms with Gasteiger partial charge in [0.2, 0.25) is 10.0 Å². The number of aromatic nitrogens is 2. The van der Waals surface area contributed by atoms with Crippen LogP contribution in [-0.2, 0) is 16.6 Å². The monoisotopic (exact) mass is 391 g/mol. The molecule has 0 saturated heterocycles. The molecular weight excluding hydrogens is 378 g/mol. The van der Waals surface area contributed by atoms with Crippen molar-refractivity contribution >= 4 is 26.0 Å². The van der Waals surface area contributed by atoms with Crippen molar-refractivity contribution in [2.24, 2.45) is 0 Å². The molecule has 0 amide bonds. The number of hydrogen-bond donors (Lipinski definition) is 1. The van der Waals surface area contributed by atoms with Crippen LogP contribution in [0.1, 0.15) is 5.56 Å². The fourth-order valence-electron chi connectivity index (χ4n) is 2.09. The molecular formula is C16H14BrN3O2S. The molecule has 5 nitrogen and oxygen atoms in total. The van der Waals surface area contributed by atoms with Gasteiger partial charge in [0.1, 0.15) is 0 Å². The van der Waals surface area contributed by atoms with Crippen molar-refractivity contribution in [2.75, 3.05) is 0 Å². The molecule has 7 heteroatoms. The van der Waals surface area contributed by atoms with Gasteiger partial charge in [0.05, 0.1) is 11.2 Å². The number of hydrogen-bond acceptors (Lipinski definition) is 3. The molecule has 0 bridgehead atoms. The van der Waals surface area contributed by atoms with Crippen molar-refractivity contribution in [1.82, 2.24) is 14.3 Å². The summed E-state index contributed by atoms with van der Waals surface area (Å²) >= 11 is 3.28. The predicted molar refractivity (Wildman–Crippen MR) is 91.7 cm³/mol. The highest BCUT2D eigenvalue weighted by Gasteiger charge is 2.13. The van der Waals surface area contributed by atoms with Crippen molar-refractivity contribution < 1.29 is 8.42 Å². The van der Waals surface area contributed by atoms with Crippen molar-refractivity contribution in [2.45, 2.75) is 11.4 Å². The summed E-state index contributed by atoms with van der Waals surface area (Å²) in [5, 5.41) is 0. The number of rotatable bonds is 5. The molecule has 0 aliphatic carbocycles. The highest BCUT2D eigenvalue weighted by atomic mass is 79.9. The van der Waals surface area contributed by atoms with E-state index in [1.807, 2.05) is 35.0 Å². The lowest BCUT2D eigenvalue weighted by atomic mass is 10.2. The lowest BCUT2D eigenvalue weighted by Crippen LogP contribution is -2.23. The molecule has 0 atom stereocenters. The molecule has 1 aromatic heterocycles. The minimum atomic E-state index is -3.53. The van der Waals surface area contributed by atoms with Gasteiger partial charge in [0, 0.05) is 29.1 Å². The van der Waals surface area contributed by atoms with Gasteiger partial charge in [-0.3, -0.25) is 0 Å². The Labute approximate surface area is 143 Å². The quantitative estimate of drug-likeness (QED) is 0.726. The minimum Gasteiger partial charge on any atom is -0.306 e. The normalized spacial score (nSPS) is 11.5. The molecule has 1 N–H and O–H groups in total. The van der Waals surface area contributed by atoms with E-state index in [1.165, 1.54) is 0 Å². The second-order valence-electron chi connectivity index (χ2n) is 4.92. The van der Waals surface area contributed by atoms with E-state index in [9.17, 15) is 8.42 Å². The van der Waals surface area contributed by atoms with Crippen molar-refractivity contribution in [3.63, 3.8) is 0 Å². The second kappa shape index (κ2) is 6.66. The van der Waals surface area contributed by atoms with E-state index in [0.29, 0.717) is 0 Å². The first kappa shape index (κ1) is 15.9. The highest BCUT2D eigenvalue weighted by molar-refractivity contribution is 9.10.